The number of hydrogen-bond acceptors (Lipinski definition) is 3. The zero-order valence-electron chi connectivity index (χ0n) is 9.12. The summed E-state index contributed by atoms with van der Waals surface area (Å²) in [6.07, 6.45) is 1.76. The maximum atomic E-state index is 11.4. The maximum absolute atomic E-state index is 11.4. The smallest absolute Gasteiger partial charge is 0.222 e. The average molecular weight is 202 g/mol. The van der Waals surface area contributed by atoms with Crippen molar-refractivity contribution in [3.63, 3.8) is 0 Å². The molecule has 0 saturated carbocycles. The molecule has 84 valence electrons. The predicted molar refractivity (Wildman–Crippen MR) is 56.8 cm³/mol. The first-order valence-electron chi connectivity index (χ1n) is 5.27. The molecular weight excluding hydrogens is 180 g/mol. The lowest BCUT2D eigenvalue weighted by Crippen LogP contribution is -2.32. The van der Waals surface area contributed by atoms with Crippen molar-refractivity contribution in [2.24, 2.45) is 11.7 Å². The highest BCUT2D eigenvalue weighted by Gasteiger charge is 2.11. The Labute approximate surface area is 85.9 Å². The Kier molecular flexibility index (Phi) is 7.42. The molecule has 14 heavy (non-hydrogen) atoms. The van der Waals surface area contributed by atoms with E-state index in [0.29, 0.717) is 25.9 Å². The molecule has 0 radical (unpaired) electrons. The number of rotatable bonds is 7. The van der Waals surface area contributed by atoms with Crippen LogP contribution < -0.4 is 11.1 Å². The summed E-state index contributed by atoms with van der Waals surface area (Å²) in [5.41, 5.74) is 5.35. The van der Waals surface area contributed by atoms with E-state index >= 15 is 0 Å². The average Bonchev–Trinajstić information content (AvgIpc) is 2.17. The fourth-order valence-corrected chi connectivity index (χ4v) is 1.12. The van der Waals surface area contributed by atoms with Gasteiger partial charge in [-0.3, -0.25) is 4.79 Å². The van der Waals surface area contributed by atoms with Crippen molar-refractivity contribution in [2.75, 3.05) is 13.1 Å². The molecule has 0 aromatic carbocycles. The molecule has 4 heteroatoms. The Balaban J connectivity index is 3.53. The largest absolute Gasteiger partial charge is 0.393 e. The molecule has 2 unspecified atom stereocenters. The number of carbonyl (C=O) groups excluding carboxylic acids is 1. The Hall–Kier alpha value is -0.610. The minimum atomic E-state index is -0.305. The Morgan fingerprint density at radius 1 is 1.50 bits per heavy atom. The Bertz CT molecular complexity index is 162. The van der Waals surface area contributed by atoms with Crippen molar-refractivity contribution in [1.82, 2.24) is 5.32 Å². The molecule has 0 heterocycles. The number of nitrogens with one attached hydrogen (secondary N) is 1. The molecule has 0 aromatic rings. The van der Waals surface area contributed by atoms with Crippen molar-refractivity contribution >= 4 is 5.91 Å². The lowest BCUT2D eigenvalue weighted by atomic mass is 10.1. The molecule has 0 saturated heterocycles. The first kappa shape index (κ1) is 13.4. The van der Waals surface area contributed by atoms with Gasteiger partial charge < -0.3 is 16.2 Å². The molecule has 4 N–H and O–H groups in total. The quantitative estimate of drug-likeness (QED) is 0.554. The molecule has 1 amide bonds. The third-order valence-electron chi connectivity index (χ3n) is 2.30. The van der Waals surface area contributed by atoms with Crippen molar-refractivity contribution in [3.05, 3.63) is 0 Å². The molecule has 0 spiro atoms. The van der Waals surface area contributed by atoms with E-state index in [0.717, 1.165) is 6.42 Å². The van der Waals surface area contributed by atoms with Gasteiger partial charge in [-0.1, -0.05) is 13.8 Å². The van der Waals surface area contributed by atoms with Gasteiger partial charge in [0.25, 0.3) is 0 Å². The highest BCUT2D eigenvalue weighted by atomic mass is 16.3. The monoisotopic (exact) mass is 202 g/mol. The molecule has 0 aromatic heterocycles. The zero-order chi connectivity index (χ0) is 11.0. The SMILES string of the molecule is CCC(O)CCNC(=O)C(C)CCN. The van der Waals surface area contributed by atoms with E-state index in [2.05, 4.69) is 5.32 Å². The lowest BCUT2D eigenvalue weighted by molar-refractivity contribution is -0.124. The summed E-state index contributed by atoms with van der Waals surface area (Å²) in [5, 5.41) is 12.0. The highest BCUT2D eigenvalue weighted by Crippen LogP contribution is 2.00. The van der Waals surface area contributed by atoms with Gasteiger partial charge in [-0.05, 0) is 25.8 Å². The molecular formula is C10H22N2O2. The van der Waals surface area contributed by atoms with Crippen LogP contribution in [0.4, 0.5) is 0 Å². The van der Waals surface area contributed by atoms with Crippen LogP contribution in [0, 0.1) is 5.92 Å². The maximum Gasteiger partial charge on any atom is 0.222 e. The van der Waals surface area contributed by atoms with Gasteiger partial charge in [0, 0.05) is 12.5 Å². The van der Waals surface area contributed by atoms with Crippen LogP contribution in [-0.2, 0) is 4.79 Å². The van der Waals surface area contributed by atoms with Crippen LogP contribution in [0.15, 0.2) is 0 Å². The van der Waals surface area contributed by atoms with E-state index in [1.807, 2.05) is 13.8 Å². The van der Waals surface area contributed by atoms with E-state index in [9.17, 15) is 9.90 Å². The van der Waals surface area contributed by atoms with Gasteiger partial charge in [0.2, 0.25) is 5.91 Å². The second kappa shape index (κ2) is 7.76. The van der Waals surface area contributed by atoms with Gasteiger partial charge in [0.1, 0.15) is 0 Å². The summed E-state index contributed by atoms with van der Waals surface area (Å²) in [6, 6.07) is 0. The molecule has 0 bridgehead atoms. The predicted octanol–water partition coefficient (Wildman–Crippen LogP) is 0.249. The van der Waals surface area contributed by atoms with Crippen LogP contribution in [0.5, 0.6) is 0 Å². The third-order valence-corrected chi connectivity index (χ3v) is 2.30. The van der Waals surface area contributed by atoms with E-state index < -0.39 is 0 Å². The minimum Gasteiger partial charge on any atom is -0.393 e. The molecule has 0 fully saturated rings. The molecule has 0 rings (SSSR count). The number of amides is 1. The van der Waals surface area contributed by atoms with Gasteiger partial charge in [-0.15, -0.1) is 0 Å². The molecule has 4 nitrogen and oxygen atoms in total. The lowest BCUT2D eigenvalue weighted by Gasteiger charge is -2.12. The van der Waals surface area contributed by atoms with Crippen LogP contribution in [0.3, 0.4) is 0 Å². The molecule has 0 aliphatic rings. The van der Waals surface area contributed by atoms with Crippen molar-refractivity contribution in [3.8, 4) is 0 Å². The fourth-order valence-electron chi connectivity index (χ4n) is 1.12. The first-order chi connectivity index (χ1) is 6.61. The van der Waals surface area contributed by atoms with Gasteiger partial charge in [-0.25, -0.2) is 0 Å². The molecule has 2 atom stereocenters. The summed E-state index contributed by atoms with van der Waals surface area (Å²) < 4.78 is 0. The van der Waals surface area contributed by atoms with Crippen LogP contribution >= 0.6 is 0 Å². The third kappa shape index (κ3) is 5.94. The summed E-state index contributed by atoms with van der Waals surface area (Å²) in [7, 11) is 0. The van der Waals surface area contributed by atoms with Gasteiger partial charge >= 0.3 is 0 Å². The molecule has 0 aliphatic carbocycles. The zero-order valence-corrected chi connectivity index (χ0v) is 9.12. The Morgan fingerprint density at radius 3 is 2.64 bits per heavy atom. The van der Waals surface area contributed by atoms with Crippen LogP contribution in [0.2, 0.25) is 0 Å². The summed E-state index contributed by atoms with van der Waals surface area (Å²) >= 11 is 0. The summed E-state index contributed by atoms with van der Waals surface area (Å²) in [5.74, 6) is -0.00229. The topological polar surface area (TPSA) is 75.3 Å². The van der Waals surface area contributed by atoms with Gasteiger partial charge in [0.05, 0.1) is 6.10 Å². The van der Waals surface area contributed by atoms with E-state index in [-0.39, 0.29) is 17.9 Å². The summed E-state index contributed by atoms with van der Waals surface area (Å²) in [6.45, 7) is 4.86. The van der Waals surface area contributed by atoms with Crippen molar-refractivity contribution in [1.29, 1.82) is 0 Å². The van der Waals surface area contributed by atoms with Crippen molar-refractivity contribution < 1.29 is 9.90 Å². The second-order valence-electron chi connectivity index (χ2n) is 3.62. The van der Waals surface area contributed by atoms with Crippen LogP contribution in [0.25, 0.3) is 0 Å². The summed E-state index contributed by atoms with van der Waals surface area (Å²) in [4.78, 5) is 11.4. The highest BCUT2D eigenvalue weighted by molar-refractivity contribution is 5.78. The second-order valence-corrected chi connectivity index (χ2v) is 3.62. The van der Waals surface area contributed by atoms with Gasteiger partial charge in [-0.2, -0.15) is 0 Å². The van der Waals surface area contributed by atoms with Crippen LogP contribution in [-0.4, -0.2) is 30.2 Å². The minimum absolute atomic E-state index is 0.0266. The standard InChI is InChI=1S/C10H22N2O2/c1-3-9(13)5-7-12-10(14)8(2)4-6-11/h8-9,13H,3-7,11H2,1-2H3,(H,12,14). The van der Waals surface area contributed by atoms with Crippen LogP contribution in [0.1, 0.15) is 33.1 Å². The van der Waals surface area contributed by atoms with Crippen molar-refractivity contribution in [2.45, 2.75) is 39.2 Å². The Morgan fingerprint density at radius 2 is 2.14 bits per heavy atom. The normalized spacial score (nSPS) is 14.9. The number of aliphatic hydroxyl groups is 1. The number of carbonyl (C=O) groups is 1. The molecule has 0 aliphatic heterocycles. The fraction of sp³-hybridized carbons (Fsp3) is 0.900. The van der Waals surface area contributed by atoms with Gasteiger partial charge in [0.15, 0.2) is 0 Å². The number of aliphatic hydroxyl groups excluding tert-OH is 1. The van der Waals surface area contributed by atoms with E-state index in [4.69, 9.17) is 5.73 Å². The number of nitrogens with two attached hydrogens (primary N) is 1. The van der Waals surface area contributed by atoms with E-state index in [1.54, 1.807) is 0 Å². The first-order valence-corrected chi connectivity index (χ1v) is 5.27. The van der Waals surface area contributed by atoms with E-state index in [1.165, 1.54) is 0 Å². The number of hydrogen-bond donors (Lipinski definition) is 3.